The molecule has 1 aromatic carbocycles. The molecule has 4 rings (SSSR count). The number of fused-ring (bicyclic) bond motifs is 2. The van der Waals surface area contributed by atoms with E-state index in [1.807, 2.05) is 39.0 Å². The van der Waals surface area contributed by atoms with Crippen molar-refractivity contribution in [2.75, 3.05) is 5.32 Å². The quantitative estimate of drug-likeness (QED) is 0.630. The van der Waals surface area contributed by atoms with E-state index in [4.69, 9.17) is 4.98 Å². The minimum absolute atomic E-state index is 0.00479. The third kappa shape index (κ3) is 3.30. The Labute approximate surface area is 169 Å². The molecule has 152 valence electrons. The first-order valence-corrected chi connectivity index (χ1v) is 10.0. The molecule has 0 spiro atoms. The lowest BCUT2D eigenvalue weighted by molar-refractivity contribution is 0.0954. The lowest BCUT2D eigenvalue weighted by Gasteiger charge is -2.23. The molecule has 2 aromatic heterocycles. The first-order chi connectivity index (χ1) is 13.7. The molecule has 0 bridgehead atoms. The van der Waals surface area contributed by atoms with E-state index in [9.17, 15) is 9.59 Å². The summed E-state index contributed by atoms with van der Waals surface area (Å²) < 4.78 is 1.54. The fourth-order valence-electron chi connectivity index (χ4n) is 3.85. The molecule has 1 aliphatic rings. The van der Waals surface area contributed by atoms with Crippen molar-refractivity contribution in [3.05, 3.63) is 45.9 Å². The zero-order valence-corrected chi connectivity index (χ0v) is 17.5. The van der Waals surface area contributed by atoms with Crippen LogP contribution in [0.4, 0.5) is 5.95 Å². The van der Waals surface area contributed by atoms with Gasteiger partial charge in [0.1, 0.15) is 0 Å². The second-order valence-corrected chi connectivity index (χ2v) is 8.70. The number of nitrogens with one attached hydrogen (secondary N) is 3. The molecule has 0 saturated carbocycles. The first-order valence-electron chi connectivity index (χ1n) is 10.0. The van der Waals surface area contributed by atoms with E-state index in [0.717, 1.165) is 29.8 Å². The fraction of sp³-hybridized carbons (Fsp3) is 0.409. The summed E-state index contributed by atoms with van der Waals surface area (Å²) in [4.78, 5) is 33.5. The van der Waals surface area contributed by atoms with Crippen LogP contribution < -0.4 is 16.2 Å². The summed E-state index contributed by atoms with van der Waals surface area (Å²) in [5.74, 6) is 0.461. The third-order valence-corrected chi connectivity index (χ3v) is 5.21. The van der Waals surface area contributed by atoms with Crippen molar-refractivity contribution in [1.82, 2.24) is 19.9 Å². The van der Waals surface area contributed by atoms with E-state index in [2.05, 4.69) is 22.5 Å². The number of benzene rings is 1. The van der Waals surface area contributed by atoms with Gasteiger partial charge in [-0.25, -0.2) is 4.98 Å². The topological polar surface area (TPSA) is 91.8 Å². The SMILES string of the molecule is CCC[C@H]1NC(=O)c2cc(-c3cccc4c(=O)n(C)c(NC(C)(C)C)nc34)[nH]c21. The van der Waals surface area contributed by atoms with Gasteiger partial charge in [-0.1, -0.05) is 25.5 Å². The van der Waals surface area contributed by atoms with E-state index in [1.165, 1.54) is 4.57 Å². The normalized spacial score (nSPS) is 16.2. The summed E-state index contributed by atoms with van der Waals surface area (Å²) in [6, 6.07) is 7.45. The average Bonchev–Trinajstić information content (AvgIpc) is 3.20. The molecule has 3 heterocycles. The molecular weight excluding hydrogens is 366 g/mol. The number of hydrogen-bond acceptors (Lipinski definition) is 4. The smallest absolute Gasteiger partial charge is 0.262 e. The summed E-state index contributed by atoms with van der Waals surface area (Å²) in [6.45, 7) is 8.17. The summed E-state index contributed by atoms with van der Waals surface area (Å²) >= 11 is 0. The summed E-state index contributed by atoms with van der Waals surface area (Å²) in [6.07, 6.45) is 1.86. The number of anilines is 1. The number of H-pyrrole nitrogens is 1. The molecule has 0 saturated heterocycles. The Balaban J connectivity index is 1.90. The van der Waals surface area contributed by atoms with Crippen LogP contribution in [0.25, 0.3) is 22.2 Å². The third-order valence-electron chi connectivity index (χ3n) is 5.21. The highest BCUT2D eigenvalue weighted by Crippen LogP contribution is 2.34. The lowest BCUT2D eigenvalue weighted by atomic mass is 10.1. The minimum atomic E-state index is -0.237. The zero-order chi connectivity index (χ0) is 20.9. The van der Waals surface area contributed by atoms with Crippen LogP contribution in [0.5, 0.6) is 0 Å². The molecule has 1 aliphatic heterocycles. The first kappa shape index (κ1) is 19.2. The molecule has 0 fully saturated rings. The summed E-state index contributed by atoms with van der Waals surface area (Å²) in [7, 11) is 1.72. The number of rotatable bonds is 4. The molecule has 1 amide bonds. The number of hydrogen-bond donors (Lipinski definition) is 3. The van der Waals surface area contributed by atoms with Crippen molar-refractivity contribution in [1.29, 1.82) is 0 Å². The van der Waals surface area contributed by atoms with Crippen LogP contribution in [0.15, 0.2) is 29.1 Å². The maximum absolute atomic E-state index is 13.0. The van der Waals surface area contributed by atoms with Crippen LogP contribution in [-0.4, -0.2) is 26.0 Å². The highest BCUT2D eigenvalue weighted by molar-refractivity contribution is 6.01. The van der Waals surface area contributed by atoms with Gasteiger partial charge in [0.15, 0.2) is 0 Å². The van der Waals surface area contributed by atoms with Gasteiger partial charge in [0.05, 0.1) is 28.2 Å². The van der Waals surface area contributed by atoms with E-state index >= 15 is 0 Å². The van der Waals surface area contributed by atoms with Crippen LogP contribution in [0, 0.1) is 0 Å². The summed E-state index contributed by atoms with van der Waals surface area (Å²) in [5.41, 5.74) is 3.49. The van der Waals surface area contributed by atoms with Crippen LogP contribution in [0.2, 0.25) is 0 Å². The van der Waals surface area contributed by atoms with Crippen molar-refractivity contribution in [2.24, 2.45) is 7.05 Å². The molecule has 7 nitrogen and oxygen atoms in total. The minimum Gasteiger partial charge on any atom is -0.356 e. The predicted octanol–water partition coefficient (Wildman–Crippen LogP) is 3.72. The number of aromatic nitrogens is 3. The molecule has 0 radical (unpaired) electrons. The molecular formula is C22H27N5O2. The Bertz CT molecular complexity index is 1170. The Kier molecular flexibility index (Phi) is 4.48. The van der Waals surface area contributed by atoms with Crippen molar-refractivity contribution >= 4 is 22.8 Å². The summed E-state index contributed by atoms with van der Waals surface area (Å²) in [5, 5.41) is 6.88. The monoisotopic (exact) mass is 393 g/mol. The second kappa shape index (κ2) is 6.76. The molecule has 0 aliphatic carbocycles. The van der Waals surface area contributed by atoms with Gasteiger partial charge < -0.3 is 15.6 Å². The molecule has 7 heteroatoms. The van der Waals surface area contributed by atoms with E-state index in [1.54, 1.807) is 13.1 Å². The average molecular weight is 393 g/mol. The number of carbonyl (C=O) groups is 1. The lowest BCUT2D eigenvalue weighted by Crippen LogP contribution is -2.32. The van der Waals surface area contributed by atoms with Crippen molar-refractivity contribution in [3.63, 3.8) is 0 Å². The van der Waals surface area contributed by atoms with Crippen molar-refractivity contribution < 1.29 is 4.79 Å². The predicted molar refractivity (Wildman–Crippen MR) is 115 cm³/mol. The van der Waals surface area contributed by atoms with Gasteiger partial charge in [-0.05, 0) is 39.3 Å². The van der Waals surface area contributed by atoms with E-state index in [-0.39, 0.29) is 23.0 Å². The van der Waals surface area contributed by atoms with Gasteiger partial charge in [-0.15, -0.1) is 0 Å². The van der Waals surface area contributed by atoms with Crippen LogP contribution in [0.3, 0.4) is 0 Å². The van der Waals surface area contributed by atoms with Gasteiger partial charge in [-0.3, -0.25) is 14.2 Å². The number of nitrogens with zero attached hydrogens (tertiary/aromatic N) is 2. The molecule has 3 aromatic rings. The van der Waals surface area contributed by atoms with Crippen molar-refractivity contribution in [2.45, 2.75) is 52.1 Å². The van der Waals surface area contributed by atoms with E-state index in [0.29, 0.717) is 22.4 Å². The Morgan fingerprint density at radius 1 is 1.21 bits per heavy atom. The van der Waals surface area contributed by atoms with Gasteiger partial charge in [0.2, 0.25) is 5.95 Å². The van der Waals surface area contributed by atoms with E-state index < -0.39 is 0 Å². The van der Waals surface area contributed by atoms with Gasteiger partial charge in [0, 0.05) is 23.8 Å². The molecule has 1 atom stereocenters. The Hall–Kier alpha value is -3.09. The second-order valence-electron chi connectivity index (χ2n) is 8.70. The fourth-order valence-corrected chi connectivity index (χ4v) is 3.85. The number of para-hydroxylation sites is 1. The highest BCUT2D eigenvalue weighted by Gasteiger charge is 2.31. The zero-order valence-electron chi connectivity index (χ0n) is 17.5. The van der Waals surface area contributed by atoms with Gasteiger partial charge >= 0.3 is 0 Å². The Morgan fingerprint density at radius 2 is 1.97 bits per heavy atom. The number of amides is 1. The van der Waals surface area contributed by atoms with Crippen LogP contribution in [-0.2, 0) is 7.05 Å². The highest BCUT2D eigenvalue weighted by atomic mass is 16.2. The van der Waals surface area contributed by atoms with Crippen LogP contribution >= 0.6 is 0 Å². The largest absolute Gasteiger partial charge is 0.356 e. The van der Waals surface area contributed by atoms with Gasteiger partial charge in [-0.2, -0.15) is 0 Å². The Morgan fingerprint density at radius 3 is 2.66 bits per heavy atom. The number of carbonyl (C=O) groups excluding carboxylic acids is 1. The molecule has 3 N–H and O–H groups in total. The number of aromatic amines is 1. The van der Waals surface area contributed by atoms with Crippen molar-refractivity contribution in [3.8, 4) is 11.3 Å². The maximum Gasteiger partial charge on any atom is 0.262 e. The molecule has 0 unspecified atom stereocenters. The maximum atomic E-state index is 13.0. The van der Waals surface area contributed by atoms with Crippen LogP contribution in [0.1, 0.15) is 62.6 Å². The molecule has 29 heavy (non-hydrogen) atoms. The standard InChI is InChI=1S/C22H27N5O2/c1-6-8-15-18-14(19(28)24-15)11-16(23-18)12-9-7-10-13-17(12)25-21(26-22(2,3)4)27(5)20(13)29/h7,9-11,15,23H,6,8H2,1-5H3,(H,24,28)(H,25,26)/t15-/m1/s1. The van der Waals surface area contributed by atoms with Gasteiger partial charge in [0.25, 0.3) is 11.5 Å².